The van der Waals surface area contributed by atoms with Crippen LogP contribution in [0, 0.1) is 26.2 Å². The van der Waals surface area contributed by atoms with Gasteiger partial charge in [-0.3, -0.25) is 0 Å². The Morgan fingerprint density at radius 1 is 0.920 bits per heavy atom. The molecule has 1 heterocycles. The molecule has 3 aromatic rings. The molecule has 0 unspecified atom stereocenters. The summed E-state index contributed by atoms with van der Waals surface area (Å²) in [6.07, 6.45) is 2.32. The van der Waals surface area contributed by atoms with Gasteiger partial charge >= 0.3 is 0 Å². The van der Waals surface area contributed by atoms with E-state index in [0.717, 1.165) is 6.42 Å². The predicted octanol–water partition coefficient (Wildman–Crippen LogP) is 5.38. The molecule has 1 heteroatoms. The number of aryl methyl sites for hydroxylation is 3. The molecule has 0 fully saturated rings. The summed E-state index contributed by atoms with van der Waals surface area (Å²) in [6.45, 7) is 11.5. The summed E-state index contributed by atoms with van der Waals surface area (Å²) in [5, 5.41) is 1.48. The molecule has 0 N–H and O–H groups in total. The standard InChI is InChI=1S/C24H28N/c1-15-10-16(2)17(3)20(11-15)22-12-19-14-24(4,5)13-18-8-7-9-21(23(18)19)25(22)6/h7-12H,13-14H2,1-6H3/q+1. The average molecular weight is 330 g/mol. The zero-order chi connectivity index (χ0) is 17.9. The molecule has 0 saturated heterocycles. The van der Waals surface area contributed by atoms with Gasteiger partial charge in [0.15, 0.2) is 0 Å². The molecule has 1 aromatic heterocycles. The van der Waals surface area contributed by atoms with Crippen molar-refractivity contribution < 1.29 is 4.57 Å². The monoisotopic (exact) mass is 330 g/mol. The van der Waals surface area contributed by atoms with Gasteiger partial charge < -0.3 is 0 Å². The van der Waals surface area contributed by atoms with E-state index in [0.29, 0.717) is 5.41 Å². The fraction of sp³-hybridized carbons (Fsp3) is 0.375. The van der Waals surface area contributed by atoms with Crippen LogP contribution in [0.25, 0.3) is 22.2 Å². The van der Waals surface area contributed by atoms with Crippen LogP contribution in [-0.4, -0.2) is 0 Å². The van der Waals surface area contributed by atoms with Crippen LogP contribution in [0.1, 0.15) is 41.7 Å². The van der Waals surface area contributed by atoms with E-state index in [1.54, 1.807) is 0 Å². The van der Waals surface area contributed by atoms with Crippen LogP contribution in [-0.2, 0) is 19.9 Å². The van der Waals surface area contributed by atoms with Gasteiger partial charge in [-0.1, -0.05) is 37.6 Å². The summed E-state index contributed by atoms with van der Waals surface area (Å²) >= 11 is 0. The summed E-state index contributed by atoms with van der Waals surface area (Å²) < 4.78 is 2.39. The summed E-state index contributed by atoms with van der Waals surface area (Å²) in [6, 6.07) is 13.9. The van der Waals surface area contributed by atoms with E-state index in [2.05, 4.69) is 82.6 Å². The Hall–Kier alpha value is -2.15. The maximum Gasteiger partial charge on any atom is 0.213 e. The minimum absolute atomic E-state index is 0.329. The lowest BCUT2D eigenvalue weighted by molar-refractivity contribution is -0.633. The molecule has 0 spiro atoms. The molecule has 0 radical (unpaired) electrons. The maximum absolute atomic E-state index is 2.45. The van der Waals surface area contributed by atoms with E-state index in [1.165, 1.54) is 56.4 Å². The largest absolute Gasteiger partial charge is 0.213 e. The number of nitrogens with zero attached hydrogens (tertiary/aromatic N) is 1. The third-order valence-electron chi connectivity index (χ3n) is 5.91. The van der Waals surface area contributed by atoms with Crippen LogP contribution in [0.15, 0.2) is 36.4 Å². The van der Waals surface area contributed by atoms with Gasteiger partial charge in [0, 0.05) is 17.7 Å². The normalized spacial score (nSPS) is 15.6. The Morgan fingerprint density at radius 2 is 1.64 bits per heavy atom. The van der Waals surface area contributed by atoms with Gasteiger partial charge in [-0.25, -0.2) is 0 Å². The van der Waals surface area contributed by atoms with E-state index in [1.807, 2.05) is 0 Å². The van der Waals surface area contributed by atoms with Crippen molar-refractivity contribution in [1.82, 2.24) is 0 Å². The molecule has 128 valence electrons. The van der Waals surface area contributed by atoms with Crippen molar-refractivity contribution in [1.29, 1.82) is 0 Å². The number of aromatic nitrogens is 1. The third-order valence-corrected chi connectivity index (χ3v) is 5.91. The van der Waals surface area contributed by atoms with Crippen molar-refractivity contribution in [3.63, 3.8) is 0 Å². The lowest BCUT2D eigenvalue weighted by Crippen LogP contribution is -2.35. The van der Waals surface area contributed by atoms with Gasteiger partial charge in [0.1, 0.15) is 7.05 Å². The molecule has 0 amide bonds. The van der Waals surface area contributed by atoms with Gasteiger partial charge in [0.25, 0.3) is 0 Å². The molecular weight excluding hydrogens is 302 g/mol. The summed E-state index contributed by atoms with van der Waals surface area (Å²) in [5.74, 6) is 0. The molecule has 0 aliphatic heterocycles. The summed E-state index contributed by atoms with van der Waals surface area (Å²) in [5.41, 5.74) is 11.5. The van der Waals surface area contributed by atoms with E-state index in [-0.39, 0.29) is 0 Å². The molecule has 1 aliphatic carbocycles. The first-order valence-electron chi connectivity index (χ1n) is 9.28. The average Bonchev–Trinajstić information content (AvgIpc) is 2.53. The zero-order valence-corrected chi connectivity index (χ0v) is 16.3. The highest BCUT2D eigenvalue weighted by Gasteiger charge is 2.31. The minimum Gasteiger partial charge on any atom is -0.194 e. The second kappa shape index (κ2) is 5.42. The Morgan fingerprint density at radius 3 is 2.40 bits per heavy atom. The van der Waals surface area contributed by atoms with Gasteiger partial charge in [-0.15, -0.1) is 0 Å². The van der Waals surface area contributed by atoms with E-state index in [4.69, 9.17) is 0 Å². The first kappa shape index (κ1) is 16.3. The van der Waals surface area contributed by atoms with Crippen molar-refractivity contribution in [3.8, 4) is 11.3 Å². The molecular formula is C24H28N+. The van der Waals surface area contributed by atoms with Crippen LogP contribution in [0.4, 0.5) is 0 Å². The second-order valence-corrected chi connectivity index (χ2v) is 8.70. The molecule has 0 atom stereocenters. The number of benzene rings is 2. The Labute approximate surface area is 151 Å². The van der Waals surface area contributed by atoms with Gasteiger partial charge in [0.05, 0.1) is 5.39 Å². The Kier molecular flexibility index (Phi) is 3.54. The fourth-order valence-electron chi connectivity index (χ4n) is 4.65. The quantitative estimate of drug-likeness (QED) is 0.527. The number of pyridine rings is 1. The first-order valence-corrected chi connectivity index (χ1v) is 9.28. The molecule has 1 aliphatic rings. The maximum atomic E-state index is 2.45. The lowest BCUT2D eigenvalue weighted by Gasteiger charge is -2.31. The van der Waals surface area contributed by atoms with Crippen molar-refractivity contribution in [2.24, 2.45) is 12.5 Å². The Balaban J connectivity index is 2.08. The number of hydrogen-bond acceptors (Lipinski definition) is 0. The highest BCUT2D eigenvalue weighted by Crippen LogP contribution is 2.39. The van der Waals surface area contributed by atoms with Gasteiger partial charge in [0.2, 0.25) is 11.2 Å². The summed E-state index contributed by atoms with van der Waals surface area (Å²) in [4.78, 5) is 0. The van der Waals surface area contributed by atoms with Gasteiger partial charge in [-0.2, -0.15) is 4.57 Å². The van der Waals surface area contributed by atoms with E-state index < -0.39 is 0 Å². The van der Waals surface area contributed by atoms with Crippen molar-refractivity contribution in [3.05, 3.63) is 64.2 Å². The minimum atomic E-state index is 0.329. The SMILES string of the molecule is Cc1cc(C)c(C)c(-c2cc3c4c(cccc4[n+]2C)CC(C)(C)C3)c1. The fourth-order valence-corrected chi connectivity index (χ4v) is 4.65. The van der Waals surface area contributed by atoms with Crippen LogP contribution in [0.3, 0.4) is 0 Å². The predicted molar refractivity (Wildman–Crippen MR) is 106 cm³/mol. The highest BCUT2D eigenvalue weighted by molar-refractivity contribution is 5.86. The molecule has 4 rings (SSSR count). The van der Waals surface area contributed by atoms with Crippen molar-refractivity contribution >= 4 is 10.9 Å². The van der Waals surface area contributed by atoms with Crippen LogP contribution in [0.2, 0.25) is 0 Å². The van der Waals surface area contributed by atoms with Crippen LogP contribution >= 0.6 is 0 Å². The van der Waals surface area contributed by atoms with Crippen LogP contribution in [0.5, 0.6) is 0 Å². The summed E-state index contributed by atoms with van der Waals surface area (Å²) in [7, 11) is 2.22. The molecule has 0 saturated carbocycles. The van der Waals surface area contributed by atoms with Gasteiger partial charge in [-0.05, 0) is 67.3 Å². The van der Waals surface area contributed by atoms with Crippen molar-refractivity contribution in [2.75, 3.05) is 0 Å². The lowest BCUT2D eigenvalue weighted by atomic mass is 9.73. The van der Waals surface area contributed by atoms with E-state index in [9.17, 15) is 0 Å². The first-order chi connectivity index (χ1) is 11.8. The third kappa shape index (κ3) is 2.57. The molecule has 25 heavy (non-hydrogen) atoms. The Bertz CT molecular complexity index is 1010. The molecule has 1 nitrogen and oxygen atoms in total. The topological polar surface area (TPSA) is 3.88 Å². The number of hydrogen-bond donors (Lipinski definition) is 0. The molecule has 2 aromatic carbocycles. The van der Waals surface area contributed by atoms with E-state index >= 15 is 0 Å². The molecule has 0 bridgehead atoms. The second-order valence-electron chi connectivity index (χ2n) is 8.70. The number of rotatable bonds is 1. The smallest absolute Gasteiger partial charge is 0.194 e. The highest BCUT2D eigenvalue weighted by atomic mass is 14.9. The van der Waals surface area contributed by atoms with Crippen LogP contribution < -0.4 is 4.57 Å². The van der Waals surface area contributed by atoms with Crippen molar-refractivity contribution in [2.45, 2.75) is 47.5 Å². The zero-order valence-electron chi connectivity index (χ0n) is 16.3.